The first-order chi connectivity index (χ1) is 15.0. The summed E-state index contributed by atoms with van der Waals surface area (Å²) in [5.74, 6) is -0.379. The van der Waals surface area contributed by atoms with Crippen molar-refractivity contribution in [2.24, 2.45) is 0 Å². The van der Waals surface area contributed by atoms with Gasteiger partial charge >= 0.3 is 59.1 Å². The van der Waals surface area contributed by atoms with E-state index in [1.54, 1.807) is 24.3 Å². The van der Waals surface area contributed by atoms with Gasteiger partial charge in [0.2, 0.25) is 0 Å². The van der Waals surface area contributed by atoms with Gasteiger partial charge in [-0.05, 0) is 53.4 Å². The average molecular weight is 593 g/mol. The summed E-state index contributed by atoms with van der Waals surface area (Å²) in [7, 11) is -6.18. The van der Waals surface area contributed by atoms with Crippen molar-refractivity contribution in [2.75, 3.05) is 0 Å². The fourth-order valence-electron chi connectivity index (χ4n) is 3.02. The smallest absolute Gasteiger partial charge is 0.806 e. The van der Waals surface area contributed by atoms with Gasteiger partial charge in [0.05, 0.1) is 0 Å². The standard InChI is InChI=1S/C22H18BrF4O3PS.2Na/c23-20-11-15(3-10-19(20)22(26,27)31(28,29)30)13-32-21(16-4-8-18(25)9-5-16)12-14-1-6-17(24)7-2-14;;/h1-11,21H,12-13H2,(H2,28,29,30);;/q;2*+1/p-2. The van der Waals surface area contributed by atoms with Crippen LogP contribution in [0.15, 0.2) is 71.2 Å². The van der Waals surface area contributed by atoms with Gasteiger partial charge in [-0.1, -0.05) is 52.3 Å². The molecule has 12 heteroatoms. The Balaban J connectivity index is 0.00000289. The van der Waals surface area contributed by atoms with Crippen LogP contribution in [0, 0.1) is 11.6 Å². The summed E-state index contributed by atoms with van der Waals surface area (Å²) in [4.78, 5) is 21.9. The summed E-state index contributed by atoms with van der Waals surface area (Å²) in [6, 6.07) is 15.6. The molecule has 3 rings (SSSR count). The van der Waals surface area contributed by atoms with E-state index in [2.05, 4.69) is 15.9 Å². The van der Waals surface area contributed by atoms with Crippen LogP contribution in [-0.4, -0.2) is 0 Å². The van der Waals surface area contributed by atoms with Gasteiger partial charge in [-0.25, -0.2) is 8.78 Å². The van der Waals surface area contributed by atoms with Crippen molar-refractivity contribution in [1.29, 1.82) is 0 Å². The van der Waals surface area contributed by atoms with E-state index in [9.17, 15) is 31.9 Å². The third-order valence-electron chi connectivity index (χ3n) is 4.73. The van der Waals surface area contributed by atoms with Crippen LogP contribution < -0.4 is 68.9 Å². The molecule has 34 heavy (non-hydrogen) atoms. The van der Waals surface area contributed by atoms with Crippen molar-refractivity contribution < 1.29 is 91.0 Å². The average Bonchev–Trinajstić information content (AvgIpc) is 2.72. The van der Waals surface area contributed by atoms with Crippen molar-refractivity contribution in [3.8, 4) is 0 Å². The van der Waals surface area contributed by atoms with Gasteiger partial charge in [-0.2, -0.15) is 8.78 Å². The normalized spacial score (nSPS) is 12.4. The van der Waals surface area contributed by atoms with Crippen molar-refractivity contribution in [3.05, 3.63) is 105 Å². The van der Waals surface area contributed by atoms with Crippen LogP contribution in [0.2, 0.25) is 0 Å². The molecule has 3 nitrogen and oxygen atoms in total. The molecule has 0 radical (unpaired) electrons. The molecule has 0 saturated carbocycles. The van der Waals surface area contributed by atoms with Gasteiger partial charge in [-0.3, -0.25) is 0 Å². The SMILES string of the molecule is O=P([O-])([O-])C(F)(F)c1ccc(CSC(Cc2ccc(F)cc2)c2ccc(F)cc2)cc1Br.[Na+].[Na+]. The Morgan fingerprint density at radius 1 is 0.882 bits per heavy atom. The minimum Gasteiger partial charge on any atom is -0.806 e. The maximum atomic E-state index is 13.9. The number of rotatable bonds is 8. The van der Waals surface area contributed by atoms with E-state index in [1.165, 1.54) is 48.2 Å². The zero-order valence-electron chi connectivity index (χ0n) is 18.3. The first-order valence-corrected chi connectivity index (χ1v) is 12.7. The van der Waals surface area contributed by atoms with Crippen molar-refractivity contribution in [3.63, 3.8) is 0 Å². The van der Waals surface area contributed by atoms with E-state index in [0.717, 1.165) is 17.2 Å². The van der Waals surface area contributed by atoms with Gasteiger partial charge < -0.3 is 14.4 Å². The molecule has 1 unspecified atom stereocenters. The van der Waals surface area contributed by atoms with E-state index in [-0.39, 0.29) is 80.5 Å². The van der Waals surface area contributed by atoms with E-state index < -0.39 is 18.8 Å². The molecule has 0 amide bonds. The van der Waals surface area contributed by atoms with Crippen LogP contribution in [0.25, 0.3) is 0 Å². The Morgan fingerprint density at radius 3 is 1.88 bits per heavy atom. The fraction of sp³-hybridized carbons (Fsp3) is 0.182. The molecule has 0 aliphatic heterocycles. The fourth-order valence-corrected chi connectivity index (χ4v) is 5.57. The van der Waals surface area contributed by atoms with Crippen molar-refractivity contribution in [1.82, 2.24) is 0 Å². The zero-order chi connectivity index (χ0) is 23.5. The Kier molecular flexibility index (Phi) is 13.1. The van der Waals surface area contributed by atoms with Crippen molar-refractivity contribution in [2.45, 2.75) is 23.1 Å². The minimum atomic E-state index is -6.18. The molecule has 0 spiro atoms. The van der Waals surface area contributed by atoms with Crippen LogP contribution in [0.1, 0.15) is 27.5 Å². The zero-order valence-corrected chi connectivity index (χ0v) is 25.6. The van der Waals surface area contributed by atoms with Crippen LogP contribution in [0.5, 0.6) is 0 Å². The largest absolute Gasteiger partial charge is 1.00 e. The Morgan fingerprint density at radius 2 is 1.38 bits per heavy atom. The molecule has 0 heterocycles. The molecule has 0 N–H and O–H groups in total. The number of halogens is 5. The maximum absolute atomic E-state index is 13.9. The Hall–Kier alpha value is 0.360. The monoisotopic (exact) mass is 592 g/mol. The topological polar surface area (TPSA) is 63.2 Å². The molecule has 170 valence electrons. The molecule has 3 aromatic carbocycles. The summed E-state index contributed by atoms with van der Waals surface area (Å²) in [5, 5.41) is -0.149. The molecular formula is C22H16BrF4Na2O3PS. The van der Waals surface area contributed by atoms with E-state index in [4.69, 9.17) is 0 Å². The van der Waals surface area contributed by atoms with E-state index in [1.807, 2.05) is 0 Å². The summed E-state index contributed by atoms with van der Waals surface area (Å²) in [6.45, 7) is 0. The van der Waals surface area contributed by atoms with Crippen LogP contribution in [0.4, 0.5) is 17.6 Å². The Labute approximate surface area is 252 Å². The van der Waals surface area contributed by atoms with Crippen LogP contribution in [-0.2, 0) is 22.4 Å². The first kappa shape index (κ1) is 32.4. The van der Waals surface area contributed by atoms with Gasteiger partial charge in [0.25, 0.3) is 5.66 Å². The van der Waals surface area contributed by atoms with Gasteiger partial charge in [0.15, 0.2) is 0 Å². The molecule has 0 aromatic heterocycles. The summed E-state index contributed by atoms with van der Waals surface area (Å²) >= 11 is 4.39. The third-order valence-corrected chi connectivity index (χ3v) is 7.65. The predicted molar refractivity (Wildman–Crippen MR) is 116 cm³/mol. The van der Waals surface area contributed by atoms with Gasteiger partial charge in [0, 0.05) is 28.6 Å². The van der Waals surface area contributed by atoms with E-state index >= 15 is 0 Å². The number of benzene rings is 3. The minimum absolute atomic E-state index is 0. The maximum Gasteiger partial charge on any atom is 1.00 e. The summed E-state index contributed by atoms with van der Waals surface area (Å²) < 4.78 is 65.1. The molecule has 0 fully saturated rings. The molecule has 0 aliphatic carbocycles. The summed E-state index contributed by atoms with van der Waals surface area (Å²) in [6.07, 6.45) is 0.517. The second-order valence-electron chi connectivity index (χ2n) is 7.03. The molecule has 3 aromatic rings. The summed E-state index contributed by atoms with van der Waals surface area (Å²) in [5.41, 5.74) is -3.13. The van der Waals surface area contributed by atoms with Crippen LogP contribution >= 0.6 is 35.3 Å². The molecule has 0 bridgehead atoms. The number of hydrogen-bond donors (Lipinski definition) is 0. The van der Waals surface area contributed by atoms with E-state index in [0.29, 0.717) is 17.7 Å². The van der Waals surface area contributed by atoms with Gasteiger partial charge in [-0.15, -0.1) is 11.8 Å². The molecule has 0 saturated heterocycles. The quantitative estimate of drug-likeness (QED) is 0.209. The molecule has 1 atom stereocenters. The number of alkyl halides is 2. The predicted octanol–water partition coefficient (Wildman–Crippen LogP) is -0.0845. The van der Waals surface area contributed by atoms with Crippen molar-refractivity contribution >= 4 is 35.3 Å². The second-order valence-corrected chi connectivity index (χ2v) is 10.6. The van der Waals surface area contributed by atoms with Crippen LogP contribution in [0.3, 0.4) is 0 Å². The number of hydrogen-bond acceptors (Lipinski definition) is 4. The first-order valence-electron chi connectivity index (χ1n) is 9.28. The third kappa shape index (κ3) is 8.45. The molecule has 0 aliphatic rings. The second kappa shape index (κ2) is 13.8. The number of thioether (sulfide) groups is 1. The Bertz CT molecular complexity index is 1130. The molecular weight excluding hydrogens is 577 g/mol. The van der Waals surface area contributed by atoms with Gasteiger partial charge in [0.1, 0.15) is 11.6 Å².